The minimum absolute atomic E-state index is 0.0631. The normalized spacial score (nSPS) is 11.2. The standard InChI is InChI=1S/C12H9Cl3N2O2.C4H6N2/c1-18-9-5-2-8(3-6-9)4-7-10-16-17-11(19-10)12(13,14)15;1-4-2-3-5-6-4/h2-7H,1H3;2-3H,1H3,(H,5,6). The Morgan fingerprint density at radius 1 is 1.08 bits per heavy atom. The van der Waals surface area contributed by atoms with Gasteiger partial charge in [0.05, 0.1) is 7.11 Å². The largest absolute Gasteiger partial charge is 0.497 e. The zero-order valence-corrected chi connectivity index (χ0v) is 15.7. The van der Waals surface area contributed by atoms with Gasteiger partial charge in [-0.2, -0.15) is 5.10 Å². The second-order valence-corrected chi connectivity index (χ2v) is 7.07. The fraction of sp³-hybridized carbons (Fsp3) is 0.188. The van der Waals surface area contributed by atoms with Crippen molar-refractivity contribution in [3.8, 4) is 5.75 Å². The van der Waals surface area contributed by atoms with Crippen molar-refractivity contribution in [2.24, 2.45) is 0 Å². The first kappa shape index (κ1) is 19.3. The van der Waals surface area contributed by atoms with Crippen LogP contribution in [0, 0.1) is 6.92 Å². The number of H-pyrrole nitrogens is 1. The van der Waals surface area contributed by atoms with E-state index in [1.165, 1.54) is 0 Å². The lowest BCUT2D eigenvalue weighted by Crippen LogP contribution is -1.99. The highest BCUT2D eigenvalue weighted by molar-refractivity contribution is 6.66. The molecule has 1 aromatic carbocycles. The van der Waals surface area contributed by atoms with E-state index in [1.54, 1.807) is 25.5 Å². The number of nitrogens with zero attached hydrogens (tertiary/aromatic N) is 3. The summed E-state index contributed by atoms with van der Waals surface area (Å²) in [5.41, 5.74) is 2.06. The molecule has 25 heavy (non-hydrogen) atoms. The molecule has 0 bridgehead atoms. The van der Waals surface area contributed by atoms with Gasteiger partial charge in [-0.05, 0) is 36.8 Å². The molecule has 0 aliphatic rings. The zero-order valence-electron chi connectivity index (χ0n) is 13.4. The van der Waals surface area contributed by atoms with Gasteiger partial charge in [0.25, 0.3) is 9.68 Å². The minimum atomic E-state index is -1.71. The van der Waals surface area contributed by atoms with E-state index in [-0.39, 0.29) is 11.8 Å². The monoisotopic (exact) mass is 400 g/mol. The number of nitrogens with one attached hydrogen (secondary N) is 1. The van der Waals surface area contributed by atoms with Crippen LogP contribution < -0.4 is 4.74 Å². The van der Waals surface area contributed by atoms with Crippen molar-refractivity contribution < 1.29 is 9.15 Å². The van der Waals surface area contributed by atoms with Crippen molar-refractivity contribution >= 4 is 47.0 Å². The fourth-order valence-corrected chi connectivity index (χ4v) is 1.85. The van der Waals surface area contributed by atoms with E-state index in [4.69, 9.17) is 44.0 Å². The lowest BCUT2D eigenvalue weighted by molar-refractivity contribution is 0.415. The van der Waals surface area contributed by atoms with E-state index in [2.05, 4.69) is 20.4 Å². The summed E-state index contributed by atoms with van der Waals surface area (Å²) < 4.78 is 8.54. The molecule has 1 N–H and O–H groups in total. The number of methoxy groups -OCH3 is 1. The van der Waals surface area contributed by atoms with Gasteiger partial charge in [-0.3, -0.25) is 5.10 Å². The van der Waals surface area contributed by atoms with E-state index in [1.807, 2.05) is 37.3 Å². The van der Waals surface area contributed by atoms with Crippen LogP contribution in [-0.4, -0.2) is 27.5 Å². The Bertz CT molecular complexity index is 794. The van der Waals surface area contributed by atoms with Gasteiger partial charge in [0, 0.05) is 18.0 Å². The third kappa shape index (κ3) is 6.42. The van der Waals surface area contributed by atoms with Crippen molar-refractivity contribution in [1.82, 2.24) is 20.4 Å². The first-order valence-corrected chi connectivity index (χ1v) is 8.20. The van der Waals surface area contributed by atoms with Crippen LogP contribution in [0.5, 0.6) is 5.75 Å². The average Bonchev–Trinajstić information content (AvgIpc) is 3.25. The van der Waals surface area contributed by atoms with Crippen LogP contribution in [0.15, 0.2) is 40.9 Å². The molecule has 0 spiro atoms. The van der Waals surface area contributed by atoms with Crippen LogP contribution in [0.2, 0.25) is 0 Å². The third-order valence-electron chi connectivity index (χ3n) is 2.86. The van der Waals surface area contributed by atoms with Crippen molar-refractivity contribution in [2.45, 2.75) is 10.7 Å². The van der Waals surface area contributed by atoms with Gasteiger partial charge >= 0.3 is 0 Å². The van der Waals surface area contributed by atoms with Crippen molar-refractivity contribution in [3.05, 3.63) is 59.6 Å². The molecule has 0 fully saturated rings. The number of alkyl halides is 3. The highest BCUT2D eigenvalue weighted by Crippen LogP contribution is 2.37. The topological polar surface area (TPSA) is 76.8 Å². The molecule has 0 radical (unpaired) electrons. The number of rotatable bonds is 3. The summed E-state index contributed by atoms with van der Waals surface area (Å²) >= 11 is 16.9. The maximum absolute atomic E-state index is 5.62. The Labute approximate surface area is 159 Å². The zero-order chi connectivity index (χ0) is 18.3. The summed E-state index contributed by atoms with van der Waals surface area (Å²) in [6.07, 6.45) is 5.17. The first-order valence-electron chi connectivity index (χ1n) is 7.07. The third-order valence-corrected chi connectivity index (χ3v) is 3.34. The maximum atomic E-state index is 5.62. The van der Waals surface area contributed by atoms with Crippen LogP contribution in [-0.2, 0) is 3.79 Å². The molecule has 2 heterocycles. The molecule has 2 aromatic heterocycles. The van der Waals surface area contributed by atoms with E-state index in [0.717, 1.165) is 17.0 Å². The summed E-state index contributed by atoms with van der Waals surface area (Å²) in [5.74, 6) is 0.984. The molecule has 132 valence electrons. The molecule has 9 heteroatoms. The quantitative estimate of drug-likeness (QED) is 0.638. The molecule has 0 unspecified atom stereocenters. The van der Waals surface area contributed by atoms with Gasteiger partial charge < -0.3 is 9.15 Å². The molecule has 0 aliphatic carbocycles. The Balaban J connectivity index is 0.000000316. The molecule has 0 amide bonds. The van der Waals surface area contributed by atoms with Gasteiger partial charge in [-0.1, -0.05) is 46.9 Å². The van der Waals surface area contributed by atoms with Gasteiger partial charge in [0.1, 0.15) is 5.75 Å². The average molecular weight is 402 g/mol. The van der Waals surface area contributed by atoms with Crippen molar-refractivity contribution in [3.63, 3.8) is 0 Å². The number of halogens is 3. The summed E-state index contributed by atoms with van der Waals surface area (Å²) in [7, 11) is 1.61. The molecular formula is C16H15Cl3N4O2. The molecule has 6 nitrogen and oxygen atoms in total. The van der Waals surface area contributed by atoms with E-state index >= 15 is 0 Å². The van der Waals surface area contributed by atoms with E-state index in [9.17, 15) is 0 Å². The molecule has 3 aromatic rings. The Kier molecular flexibility index (Phi) is 6.87. The van der Waals surface area contributed by atoms with Crippen LogP contribution in [0.1, 0.15) is 23.0 Å². The Hall–Kier alpha value is -2.02. The second kappa shape index (κ2) is 8.89. The lowest BCUT2D eigenvalue weighted by Gasteiger charge is -2.01. The summed E-state index contributed by atoms with van der Waals surface area (Å²) in [4.78, 5) is 0. The van der Waals surface area contributed by atoms with Crippen LogP contribution >= 0.6 is 34.8 Å². The van der Waals surface area contributed by atoms with Crippen LogP contribution in [0.25, 0.3) is 12.2 Å². The Morgan fingerprint density at radius 3 is 2.24 bits per heavy atom. The predicted molar refractivity (Wildman–Crippen MR) is 98.8 cm³/mol. The Morgan fingerprint density at radius 2 is 1.80 bits per heavy atom. The number of aromatic amines is 1. The number of hydrogen-bond acceptors (Lipinski definition) is 5. The summed E-state index contributed by atoms with van der Waals surface area (Å²) in [5, 5.41) is 13.8. The molecule has 0 saturated carbocycles. The molecule has 0 aliphatic heterocycles. The first-order chi connectivity index (χ1) is 11.9. The van der Waals surface area contributed by atoms with Gasteiger partial charge in [-0.15, -0.1) is 10.2 Å². The SMILES string of the molecule is COc1ccc(C=Cc2nnc(C(Cl)(Cl)Cl)o2)cc1.Cc1ccn[nH]1. The second-order valence-electron chi connectivity index (χ2n) is 4.79. The van der Waals surface area contributed by atoms with Gasteiger partial charge in [0.2, 0.25) is 5.89 Å². The van der Waals surface area contributed by atoms with E-state index < -0.39 is 3.79 Å². The lowest BCUT2D eigenvalue weighted by atomic mass is 10.2. The minimum Gasteiger partial charge on any atom is -0.497 e. The smallest absolute Gasteiger partial charge is 0.268 e. The molecule has 3 rings (SSSR count). The van der Waals surface area contributed by atoms with Gasteiger partial charge in [-0.25, -0.2) is 0 Å². The van der Waals surface area contributed by atoms with Crippen LogP contribution in [0.4, 0.5) is 0 Å². The highest BCUT2D eigenvalue weighted by atomic mass is 35.6. The molecular weight excluding hydrogens is 387 g/mol. The van der Waals surface area contributed by atoms with Crippen LogP contribution in [0.3, 0.4) is 0 Å². The maximum Gasteiger partial charge on any atom is 0.268 e. The predicted octanol–water partition coefficient (Wildman–Crippen LogP) is 4.79. The van der Waals surface area contributed by atoms with Crippen molar-refractivity contribution in [2.75, 3.05) is 7.11 Å². The van der Waals surface area contributed by atoms with E-state index in [0.29, 0.717) is 0 Å². The summed E-state index contributed by atoms with van der Waals surface area (Å²) in [6.45, 7) is 1.97. The number of aryl methyl sites for hydroxylation is 1. The summed E-state index contributed by atoms with van der Waals surface area (Å²) in [6, 6.07) is 9.39. The fourth-order valence-electron chi connectivity index (χ4n) is 1.62. The number of aromatic nitrogens is 4. The van der Waals surface area contributed by atoms with Gasteiger partial charge in [0.15, 0.2) is 0 Å². The number of hydrogen-bond donors (Lipinski definition) is 1. The number of benzene rings is 1. The number of ether oxygens (including phenoxy) is 1. The molecule has 0 saturated heterocycles. The molecule has 0 atom stereocenters. The van der Waals surface area contributed by atoms with Crippen molar-refractivity contribution in [1.29, 1.82) is 0 Å². The highest BCUT2D eigenvalue weighted by Gasteiger charge is 2.29.